The summed E-state index contributed by atoms with van der Waals surface area (Å²) in [5, 5.41) is 0. The molecule has 1 unspecified atom stereocenters. The van der Waals surface area contributed by atoms with Crippen LogP contribution in [0.1, 0.15) is 69.9 Å². The van der Waals surface area contributed by atoms with Gasteiger partial charge in [-0.1, -0.05) is 82.2 Å². The van der Waals surface area contributed by atoms with Crippen molar-refractivity contribution in [3.63, 3.8) is 0 Å². The Labute approximate surface area is 114 Å². The highest BCUT2D eigenvalue weighted by atomic mass is 14.1. The molecule has 0 bridgehead atoms. The average molecular weight is 246 g/mol. The Morgan fingerprint density at radius 2 is 1.78 bits per heavy atom. The molecule has 18 heavy (non-hydrogen) atoms. The SMILES string of the molecule is CCCCC(CC)CCCCc1cccc(C)c1. The molecular weight excluding hydrogens is 216 g/mol. The molecule has 0 aliphatic carbocycles. The van der Waals surface area contributed by atoms with E-state index in [2.05, 4.69) is 45.0 Å². The quantitative estimate of drug-likeness (QED) is 0.474. The van der Waals surface area contributed by atoms with Crippen LogP contribution in [0.2, 0.25) is 0 Å². The zero-order valence-corrected chi connectivity index (χ0v) is 12.5. The summed E-state index contributed by atoms with van der Waals surface area (Å²) in [6.45, 7) is 6.83. The Morgan fingerprint density at radius 1 is 1.00 bits per heavy atom. The minimum absolute atomic E-state index is 0.974. The van der Waals surface area contributed by atoms with Gasteiger partial charge in [0.15, 0.2) is 0 Å². The summed E-state index contributed by atoms with van der Waals surface area (Å²) in [6.07, 6.45) is 11.0. The fourth-order valence-electron chi connectivity index (χ4n) is 2.68. The van der Waals surface area contributed by atoms with Gasteiger partial charge in [0, 0.05) is 0 Å². The van der Waals surface area contributed by atoms with Crippen molar-refractivity contribution >= 4 is 0 Å². The maximum absolute atomic E-state index is 2.35. The third-order valence-corrected chi connectivity index (χ3v) is 3.95. The second-order valence-corrected chi connectivity index (χ2v) is 5.65. The normalized spacial score (nSPS) is 12.6. The molecule has 102 valence electrons. The molecule has 0 saturated heterocycles. The van der Waals surface area contributed by atoms with Gasteiger partial charge in [0.25, 0.3) is 0 Å². The van der Waals surface area contributed by atoms with Crippen molar-refractivity contribution in [2.24, 2.45) is 5.92 Å². The highest BCUT2D eigenvalue weighted by molar-refractivity contribution is 5.22. The van der Waals surface area contributed by atoms with Crippen molar-refractivity contribution in [1.29, 1.82) is 0 Å². The van der Waals surface area contributed by atoms with Crippen molar-refractivity contribution in [3.8, 4) is 0 Å². The summed E-state index contributed by atoms with van der Waals surface area (Å²) < 4.78 is 0. The molecule has 0 nitrogen and oxygen atoms in total. The average Bonchev–Trinajstić information content (AvgIpc) is 2.38. The fourth-order valence-corrected chi connectivity index (χ4v) is 2.68. The highest BCUT2D eigenvalue weighted by Gasteiger charge is 2.05. The lowest BCUT2D eigenvalue weighted by Gasteiger charge is -2.13. The Bertz CT molecular complexity index is 314. The summed E-state index contributed by atoms with van der Waals surface area (Å²) in [4.78, 5) is 0. The summed E-state index contributed by atoms with van der Waals surface area (Å²) in [5.41, 5.74) is 2.90. The van der Waals surface area contributed by atoms with Gasteiger partial charge in [-0.05, 0) is 31.2 Å². The molecule has 0 aromatic heterocycles. The number of rotatable bonds is 9. The molecule has 0 fully saturated rings. The van der Waals surface area contributed by atoms with E-state index in [-0.39, 0.29) is 0 Å². The van der Waals surface area contributed by atoms with Crippen molar-refractivity contribution in [3.05, 3.63) is 35.4 Å². The van der Waals surface area contributed by atoms with Gasteiger partial charge < -0.3 is 0 Å². The predicted molar refractivity (Wildman–Crippen MR) is 82.0 cm³/mol. The van der Waals surface area contributed by atoms with Crippen LogP contribution in [0, 0.1) is 12.8 Å². The minimum Gasteiger partial charge on any atom is -0.0654 e. The van der Waals surface area contributed by atoms with Gasteiger partial charge in [0.05, 0.1) is 0 Å². The summed E-state index contributed by atoms with van der Waals surface area (Å²) in [6, 6.07) is 8.96. The van der Waals surface area contributed by atoms with E-state index in [0.717, 1.165) is 5.92 Å². The van der Waals surface area contributed by atoms with Gasteiger partial charge in [0.1, 0.15) is 0 Å². The zero-order chi connectivity index (χ0) is 13.2. The smallest absolute Gasteiger partial charge is 0.0279 e. The van der Waals surface area contributed by atoms with E-state index in [0.29, 0.717) is 0 Å². The maximum Gasteiger partial charge on any atom is -0.0279 e. The second-order valence-electron chi connectivity index (χ2n) is 5.65. The zero-order valence-electron chi connectivity index (χ0n) is 12.5. The van der Waals surface area contributed by atoms with E-state index in [1.807, 2.05) is 0 Å². The van der Waals surface area contributed by atoms with Gasteiger partial charge >= 0.3 is 0 Å². The van der Waals surface area contributed by atoms with E-state index in [1.54, 1.807) is 0 Å². The fraction of sp³-hybridized carbons (Fsp3) is 0.667. The van der Waals surface area contributed by atoms with E-state index in [4.69, 9.17) is 0 Å². The number of unbranched alkanes of at least 4 members (excludes halogenated alkanes) is 2. The summed E-state index contributed by atoms with van der Waals surface area (Å²) in [7, 11) is 0. The van der Waals surface area contributed by atoms with Crippen LogP contribution in [-0.4, -0.2) is 0 Å². The number of benzene rings is 1. The van der Waals surface area contributed by atoms with Gasteiger partial charge in [-0.15, -0.1) is 0 Å². The first-order chi connectivity index (χ1) is 8.76. The molecule has 0 spiro atoms. The van der Waals surface area contributed by atoms with E-state index in [1.165, 1.54) is 62.5 Å². The molecule has 0 saturated carbocycles. The molecule has 0 heterocycles. The third-order valence-electron chi connectivity index (χ3n) is 3.95. The molecule has 1 aromatic rings. The van der Waals surface area contributed by atoms with Crippen molar-refractivity contribution < 1.29 is 0 Å². The first kappa shape index (κ1) is 15.3. The van der Waals surface area contributed by atoms with Crippen molar-refractivity contribution in [2.45, 2.75) is 72.1 Å². The van der Waals surface area contributed by atoms with Gasteiger partial charge in [0.2, 0.25) is 0 Å². The van der Waals surface area contributed by atoms with Crippen LogP contribution >= 0.6 is 0 Å². The van der Waals surface area contributed by atoms with Crippen molar-refractivity contribution in [2.75, 3.05) is 0 Å². The molecule has 0 aliphatic heterocycles. The molecule has 0 radical (unpaired) electrons. The first-order valence-electron chi connectivity index (χ1n) is 7.81. The maximum atomic E-state index is 2.35. The number of hydrogen-bond acceptors (Lipinski definition) is 0. The van der Waals surface area contributed by atoms with E-state index >= 15 is 0 Å². The van der Waals surface area contributed by atoms with Crippen LogP contribution in [-0.2, 0) is 6.42 Å². The first-order valence-corrected chi connectivity index (χ1v) is 7.81. The molecule has 1 atom stereocenters. The lowest BCUT2D eigenvalue weighted by atomic mass is 9.92. The summed E-state index contributed by atoms with van der Waals surface area (Å²) in [5.74, 6) is 0.974. The second kappa shape index (κ2) is 9.19. The Kier molecular flexibility index (Phi) is 7.80. The molecule has 1 rings (SSSR count). The topological polar surface area (TPSA) is 0 Å². The standard InChI is InChI=1S/C18H30/c1-4-6-11-17(5-2)12-7-8-13-18-14-9-10-16(3)15-18/h9-10,14-15,17H,4-8,11-13H2,1-3H3. The van der Waals surface area contributed by atoms with E-state index in [9.17, 15) is 0 Å². The van der Waals surface area contributed by atoms with Crippen LogP contribution in [0.25, 0.3) is 0 Å². The van der Waals surface area contributed by atoms with Gasteiger partial charge in [-0.25, -0.2) is 0 Å². The Hall–Kier alpha value is -0.780. The summed E-state index contributed by atoms with van der Waals surface area (Å²) >= 11 is 0. The van der Waals surface area contributed by atoms with Crippen LogP contribution in [0.4, 0.5) is 0 Å². The highest BCUT2D eigenvalue weighted by Crippen LogP contribution is 2.20. The molecule has 0 heteroatoms. The number of aryl methyl sites for hydroxylation is 2. The van der Waals surface area contributed by atoms with Crippen LogP contribution in [0.15, 0.2) is 24.3 Å². The predicted octanol–water partition coefficient (Wildman–Crippen LogP) is 5.92. The van der Waals surface area contributed by atoms with Crippen molar-refractivity contribution in [1.82, 2.24) is 0 Å². The van der Waals surface area contributed by atoms with Crippen LogP contribution < -0.4 is 0 Å². The van der Waals surface area contributed by atoms with Gasteiger partial charge in [-0.2, -0.15) is 0 Å². The Morgan fingerprint density at radius 3 is 2.44 bits per heavy atom. The lowest BCUT2D eigenvalue weighted by molar-refractivity contribution is 0.404. The molecular formula is C18H30. The Balaban J connectivity index is 2.17. The van der Waals surface area contributed by atoms with Crippen LogP contribution in [0.3, 0.4) is 0 Å². The largest absolute Gasteiger partial charge is 0.0654 e. The third kappa shape index (κ3) is 6.23. The monoisotopic (exact) mass is 246 g/mol. The molecule has 0 aliphatic rings. The molecule has 0 amide bonds. The molecule has 1 aromatic carbocycles. The number of hydrogen-bond donors (Lipinski definition) is 0. The lowest BCUT2D eigenvalue weighted by Crippen LogP contribution is -1.99. The minimum atomic E-state index is 0.974. The van der Waals surface area contributed by atoms with Crippen LogP contribution in [0.5, 0.6) is 0 Å². The van der Waals surface area contributed by atoms with Gasteiger partial charge in [-0.3, -0.25) is 0 Å². The molecule has 0 N–H and O–H groups in total. The van der Waals surface area contributed by atoms with E-state index < -0.39 is 0 Å².